The molecule has 7 heteroatoms. The summed E-state index contributed by atoms with van der Waals surface area (Å²) in [5.74, 6) is 0.0795. The van der Waals surface area contributed by atoms with Gasteiger partial charge in [0.25, 0.3) is 0 Å². The molecule has 6 nitrogen and oxygen atoms in total. The van der Waals surface area contributed by atoms with Gasteiger partial charge in [0.2, 0.25) is 5.91 Å². The number of hydrogen-bond acceptors (Lipinski definition) is 5. The highest BCUT2D eigenvalue weighted by Gasteiger charge is 2.39. The zero-order valence-corrected chi connectivity index (χ0v) is 14.8. The number of ether oxygens (including phenoxy) is 1. The molecule has 2 unspecified atom stereocenters. The first-order chi connectivity index (χ1) is 11.1. The summed E-state index contributed by atoms with van der Waals surface area (Å²) in [7, 11) is 1.89. The van der Waals surface area contributed by atoms with E-state index in [2.05, 4.69) is 15.5 Å². The van der Waals surface area contributed by atoms with E-state index >= 15 is 0 Å². The molecule has 1 spiro atoms. The Morgan fingerprint density at radius 3 is 2.96 bits per heavy atom. The number of thioether (sulfide) groups is 1. The van der Waals surface area contributed by atoms with Crippen LogP contribution in [0.2, 0.25) is 0 Å². The molecule has 0 bridgehead atoms. The summed E-state index contributed by atoms with van der Waals surface area (Å²) in [5, 5.41) is 11.7. The molecule has 1 N–H and O–H groups in total. The molecular weight excluding hydrogens is 312 g/mol. The first-order valence-electron chi connectivity index (χ1n) is 8.53. The number of carbonyl (C=O) groups excluding carboxylic acids is 1. The summed E-state index contributed by atoms with van der Waals surface area (Å²) < 4.78 is 7.93. The van der Waals surface area contributed by atoms with E-state index in [1.54, 1.807) is 6.33 Å². The fourth-order valence-corrected chi connectivity index (χ4v) is 4.40. The Morgan fingerprint density at radius 1 is 1.48 bits per heavy atom. The van der Waals surface area contributed by atoms with Crippen LogP contribution in [0, 0.1) is 0 Å². The van der Waals surface area contributed by atoms with Crippen molar-refractivity contribution in [1.29, 1.82) is 0 Å². The maximum absolute atomic E-state index is 12.5. The molecule has 2 heterocycles. The van der Waals surface area contributed by atoms with Gasteiger partial charge in [-0.25, -0.2) is 0 Å². The van der Waals surface area contributed by atoms with E-state index in [0.717, 1.165) is 37.4 Å². The zero-order chi connectivity index (χ0) is 16.3. The number of rotatable bonds is 4. The molecule has 2 aliphatic rings. The number of carbonyl (C=O) groups is 1. The smallest absolute Gasteiger partial charge is 0.233 e. The second-order valence-corrected chi connectivity index (χ2v) is 8.08. The number of aryl methyl sites for hydroxylation is 1. The number of nitrogens with one attached hydrogen (secondary N) is 1. The molecule has 1 saturated carbocycles. The van der Waals surface area contributed by atoms with Crippen molar-refractivity contribution in [1.82, 2.24) is 20.1 Å². The van der Waals surface area contributed by atoms with Gasteiger partial charge in [0.05, 0.1) is 10.9 Å². The molecule has 1 aliphatic heterocycles. The Balaban J connectivity index is 1.53. The summed E-state index contributed by atoms with van der Waals surface area (Å²) in [4.78, 5) is 12.5. The number of hydrogen-bond donors (Lipinski definition) is 1. The predicted octanol–water partition coefficient (Wildman–Crippen LogP) is 2.29. The lowest BCUT2D eigenvalue weighted by molar-refractivity contribution is -0.127. The highest BCUT2D eigenvalue weighted by molar-refractivity contribution is 8.00. The van der Waals surface area contributed by atoms with Crippen molar-refractivity contribution in [2.24, 2.45) is 7.05 Å². The van der Waals surface area contributed by atoms with Crippen molar-refractivity contribution in [2.45, 2.75) is 73.9 Å². The quantitative estimate of drug-likeness (QED) is 0.853. The number of amides is 1. The number of nitrogens with zero attached hydrogens (tertiary/aromatic N) is 3. The molecule has 1 aliphatic carbocycles. The summed E-state index contributed by atoms with van der Waals surface area (Å²) in [6.45, 7) is 2.68. The molecule has 1 aromatic heterocycles. The normalized spacial score (nSPS) is 25.2. The van der Waals surface area contributed by atoms with E-state index < -0.39 is 0 Å². The van der Waals surface area contributed by atoms with Gasteiger partial charge in [-0.15, -0.1) is 10.2 Å². The molecule has 1 amide bonds. The van der Waals surface area contributed by atoms with Gasteiger partial charge in [-0.1, -0.05) is 31.0 Å². The Bertz CT molecular complexity index is 536. The summed E-state index contributed by atoms with van der Waals surface area (Å²) in [6, 6.07) is 0.233. The molecule has 1 saturated heterocycles. The molecule has 2 atom stereocenters. The third-order valence-corrected chi connectivity index (χ3v) is 6.07. The van der Waals surface area contributed by atoms with Gasteiger partial charge in [0.15, 0.2) is 5.16 Å². The summed E-state index contributed by atoms with van der Waals surface area (Å²) in [5.41, 5.74) is 0.0222. The van der Waals surface area contributed by atoms with Gasteiger partial charge < -0.3 is 14.6 Å². The topological polar surface area (TPSA) is 69.0 Å². The van der Waals surface area contributed by atoms with Crippen LogP contribution >= 0.6 is 11.8 Å². The minimum atomic E-state index is -0.178. The fraction of sp³-hybridized carbons (Fsp3) is 0.812. The van der Waals surface area contributed by atoms with E-state index in [0.29, 0.717) is 0 Å². The van der Waals surface area contributed by atoms with E-state index in [1.807, 2.05) is 18.5 Å². The van der Waals surface area contributed by atoms with Gasteiger partial charge in [0.1, 0.15) is 6.33 Å². The summed E-state index contributed by atoms with van der Waals surface area (Å²) >= 11 is 1.45. The maximum atomic E-state index is 12.5. The number of aromatic nitrogens is 3. The Morgan fingerprint density at radius 2 is 2.26 bits per heavy atom. The lowest BCUT2D eigenvalue weighted by Crippen LogP contribution is -2.50. The Kier molecular flexibility index (Phi) is 5.26. The molecular formula is C16H26N4O2S. The third-order valence-electron chi connectivity index (χ3n) is 4.93. The minimum Gasteiger partial charge on any atom is -0.375 e. The summed E-state index contributed by atoms with van der Waals surface area (Å²) in [6.07, 6.45) is 9.62. The lowest BCUT2D eigenvalue weighted by atomic mass is 9.78. The van der Waals surface area contributed by atoms with Crippen LogP contribution in [-0.4, -0.2) is 44.2 Å². The second kappa shape index (κ2) is 7.21. The molecule has 23 heavy (non-hydrogen) atoms. The van der Waals surface area contributed by atoms with Crippen LogP contribution in [0.5, 0.6) is 0 Å². The van der Waals surface area contributed by atoms with Gasteiger partial charge in [-0.05, 0) is 32.6 Å². The van der Waals surface area contributed by atoms with Crippen molar-refractivity contribution in [3.8, 4) is 0 Å². The standard InChI is InChI=1S/C16H26N4O2S/c1-12(23-15-19-17-11-20(15)2)14(21)18-13-6-9-22-16(10-13)7-4-3-5-8-16/h11-13H,3-10H2,1-2H3,(H,18,21). The van der Waals surface area contributed by atoms with Crippen LogP contribution in [0.3, 0.4) is 0 Å². The third kappa shape index (κ3) is 4.07. The maximum Gasteiger partial charge on any atom is 0.233 e. The van der Waals surface area contributed by atoms with Crippen molar-refractivity contribution in [2.75, 3.05) is 6.61 Å². The van der Waals surface area contributed by atoms with Crippen LogP contribution in [0.4, 0.5) is 0 Å². The molecule has 3 rings (SSSR count). The Labute approximate surface area is 141 Å². The van der Waals surface area contributed by atoms with Crippen molar-refractivity contribution in [3.05, 3.63) is 6.33 Å². The van der Waals surface area contributed by atoms with Crippen LogP contribution in [0.1, 0.15) is 51.9 Å². The molecule has 0 radical (unpaired) electrons. The first kappa shape index (κ1) is 16.8. The van der Waals surface area contributed by atoms with Gasteiger partial charge in [0, 0.05) is 19.7 Å². The fourth-order valence-electron chi connectivity index (χ4n) is 3.60. The van der Waals surface area contributed by atoms with Gasteiger partial charge in [-0.3, -0.25) is 4.79 Å². The minimum absolute atomic E-state index is 0.0222. The van der Waals surface area contributed by atoms with Crippen LogP contribution in [0.15, 0.2) is 11.5 Å². The van der Waals surface area contributed by atoms with E-state index in [-0.39, 0.29) is 22.8 Å². The lowest BCUT2D eigenvalue weighted by Gasteiger charge is -2.43. The average Bonchev–Trinajstić information content (AvgIpc) is 2.93. The van der Waals surface area contributed by atoms with Crippen molar-refractivity contribution >= 4 is 17.7 Å². The van der Waals surface area contributed by atoms with E-state index in [1.165, 1.54) is 31.0 Å². The largest absolute Gasteiger partial charge is 0.375 e. The van der Waals surface area contributed by atoms with Crippen LogP contribution in [0.25, 0.3) is 0 Å². The monoisotopic (exact) mass is 338 g/mol. The highest BCUT2D eigenvalue weighted by atomic mass is 32.2. The van der Waals surface area contributed by atoms with Crippen molar-refractivity contribution < 1.29 is 9.53 Å². The average molecular weight is 338 g/mol. The molecule has 0 aromatic carbocycles. The SMILES string of the molecule is CC(Sc1nncn1C)C(=O)NC1CCOC2(CCCCC2)C1. The van der Waals surface area contributed by atoms with Gasteiger partial charge in [-0.2, -0.15) is 0 Å². The first-order valence-corrected chi connectivity index (χ1v) is 9.41. The Hall–Kier alpha value is -1.08. The predicted molar refractivity (Wildman–Crippen MR) is 89.3 cm³/mol. The zero-order valence-electron chi connectivity index (χ0n) is 14.0. The van der Waals surface area contributed by atoms with Crippen molar-refractivity contribution in [3.63, 3.8) is 0 Å². The second-order valence-electron chi connectivity index (χ2n) is 6.77. The van der Waals surface area contributed by atoms with Gasteiger partial charge >= 0.3 is 0 Å². The molecule has 128 valence electrons. The van der Waals surface area contributed by atoms with E-state index in [4.69, 9.17) is 4.74 Å². The van der Waals surface area contributed by atoms with E-state index in [9.17, 15) is 4.79 Å². The highest BCUT2D eigenvalue weighted by Crippen LogP contribution is 2.38. The molecule has 2 fully saturated rings. The van der Waals surface area contributed by atoms with Crippen LogP contribution < -0.4 is 5.32 Å². The molecule has 1 aromatic rings. The van der Waals surface area contributed by atoms with Crippen LogP contribution in [-0.2, 0) is 16.6 Å².